The molecule has 0 radical (unpaired) electrons. The first kappa shape index (κ1) is 14.7. The van der Waals surface area contributed by atoms with Crippen molar-refractivity contribution < 1.29 is 19.6 Å². The van der Waals surface area contributed by atoms with E-state index in [0.717, 1.165) is 0 Å². The van der Waals surface area contributed by atoms with Gasteiger partial charge in [-0.3, -0.25) is 14.9 Å². The van der Waals surface area contributed by atoms with Crippen LogP contribution in [0.3, 0.4) is 0 Å². The fraction of sp³-hybridized carbons (Fsp3) is 0.462. The molecule has 0 aromatic heterocycles. The molecule has 20 heavy (non-hydrogen) atoms. The molecule has 1 fully saturated rings. The quantitative estimate of drug-likeness (QED) is 0.682. The van der Waals surface area contributed by atoms with Crippen LogP contribution in [0.25, 0.3) is 0 Å². The van der Waals surface area contributed by atoms with E-state index < -0.39 is 22.4 Å². The van der Waals surface area contributed by atoms with Crippen molar-refractivity contribution in [2.45, 2.75) is 25.9 Å². The Morgan fingerprint density at radius 3 is 2.85 bits per heavy atom. The van der Waals surface area contributed by atoms with E-state index in [4.69, 9.17) is 16.3 Å². The number of hydrogen-bond acceptors (Lipinski definition) is 4. The number of nitrogens with zero attached hydrogens (tertiary/aromatic N) is 1. The van der Waals surface area contributed by atoms with E-state index in [1.807, 2.05) is 0 Å². The maximum absolute atomic E-state index is 11.6. The van der Waals surface area contributed by atoms with Gasteiger partial charge in [0.1, 0.15) is 5.41 Å². The molecule has 1 N–H and O–H groups in total. The topological polar surface area (TPSA) is 89.7 Å². The minimum Gasteiger partial charge on any atom is -0.481 e. The number of aliphatic carboxylic acids is 1. The van der Waals surface area contributed by atoms with Crippen LogP contribution in [0.4, 0.5) is 5.69 Å². The lowest BCUT2D eigenvalue weighted by Gasteiger charge is -2.27. The van der Waals surface area contributed by atoms with E-state index in [-0.39, 0.29) is 17.1 Å². The van der Waals surface area contributed by atoms with Crippen molar-refractivity contribution in [3.8, 4) is 0 Å². The molecule has 108 valence electrons. The predicted molar refractivity (Wildman–Crippen MR) is 71.9 cm³/mol. The molecule has 1 aromatic rings. The van der Waals surface area contributed by atoms with Gasteiger partial charge in [0, 0.05) is 23.3 Å². The number of nitro benzene ring substituents is 1. The summed E-state index contributed by atoms with van der Waals surface area (Å²) >= 11 is 5.76. The first-order chi connectivity index (χ1) is 9.36. The number of rotatable bonds is 4. The first-order valence-corrected chi connectivity index (χ1v) is 6.52. The van der Waals surface area contributed by atoms with Gasteiger partial charge in [-0.2, -0.15) is 0 Å². The summed E-state index contributed by atoms with van der Waals surface area (Å²) in [5.74, 6) is -0.994. The van der Waals surface area contributed by atoms with Crippen LogP contribution in [-0.2, 0) is 16.0 Å². The Kier molecular flexibility index (Phi) is 3.96. The van der Waals surface area contributed by atoms with Crippen molar-refractivity contribution in [1.29, 1.82) is 0 Å². The lowest BCUT2D eigenvalue weighted by Crippen LogP contribution is -2.39. The van der Waals surface area contributed by atoms with E-state index in [9.17, 15) is 20.0 Å². The second-order valence-corrected chi connectivity index (χ2v) is 5.37. The zero-order valence-corrected chi connectivity index (χ0v) is 11.6. The second kappa shape index (κ2) is 5.38. The SMILES string of the molecule is CC1OCCC1(Cc1ccc(Cl)cc1[N+](=O)[O-])C(=O)O. The van der Waals surface area contributed by atoms with E-state index in [1.165, 1.54) is 18.2 Å². The van der Waals surface area contributed by atoms with Crippen LogP contribution in [0.15, 0.2) is 18.2 Å². The summed E-state index contributed by atoms with van der Waals surface area (Å²) in [6.45, 7) is 2.03. The number of benzene rings is 1. The van der Waals surface area contributed by atoms with Gasteiger partial charge in [-0.15, -0.1) is 0 Å². The summed E-state index contributed by atoms with van der Waals surface area (Å²) < 4.78 is 5.35. The van der Waals surface area contributed by atoms with Gasteiger partial charge in [-0.05, 0) is 25.8 Å². The average molecular weight is 300 g/mol. The Labute approximate surface area is 120 Å². The second-order valence-electron chi connectivity index (χ2n) is 4.93. The Bertz CT molecular complexity index is 562. The van der Waals surface area contributed by atoms with Crippen molar-refractivity contribution in [3.63, 3.8) is 0 Å². The molecule has 2 unspecified atom stereocenters. The molecule has 0 spiro atoms. The molecular weight excluding hydrogens is 286 g/mol. The van der Waals surface area contributed by atoms with Crippen molar-refractivity contribution >= 4 is 23.3 Å². The molecule has 2 atom stereocenters. The summed E-state index contributed by atoms with van der Waals surface area (Å²) in [4.78, 5) is 22.1. The van der Waals surface area contributed by atoms with E-state index in [1.54, 1.807) is 6.92 Å². The van der Waals surface area contributed by atoms with Crippen molar-refractivity contribution in [3.05, 3.63) is 38.9 Å². The summed E-state index contributed by atoms with van der Waals surface area (Å²) in [5.41, 5.74) is -0.921. The van der Waals surface area contributed by atoms with Crippen LogP contribution in [0.1, 0.15) is 18.9 Å². The van der Waals surface area contributed by atoms with Gasteiger partial charge in [-0.25, -0.2) is 0 Å². The number of nitro groups is 1. The number of carbonyl (C=O) groups is 1. The number of hydrogen-bond donors (Lipinski definition) is 1. The molecule has 1 aromatic carbocycles. The fourth-order valence-electron chi connectivity index (χ4n) is 2.57. The third-order valence-corrected chi connectivity index (χ3v) is 4.11. The number of carboxylic acids is 1. The third-order valence-electron chi connectivity index (χ3n) is 3.87. The smallest absolute Gasteiger partial charge is 0.312 e. The Hall–Kier alpha value is -1.66. The molecule has 1 aliphatic heterocycles. The van der Waals surface area contributed by atoms with Gasteiger partial charge in [0.25, 0.3) is 5.69 Å². The van der Waals surface area contributed by atoms with Gasteiger partial charge in [0.15, 0.2) is 0 Å². The van der Waals surface area contributed by atoms with E-state index in [0.29, 0.717) is 18.6 Å². The zero-order valence-electron chi connectivity index (χ0n) is 10.8. The van der Waals surface area contributed by atoms with Crippen LogP contribution in [0.5, 0.6) is 0 Å². The van der Waals surface area contributed by atoms with E-state index >= 15 is 0 Å². The Morgan fingerprint density at radius 2 is 2.35 bits per heavy atom. The highest BCUT2D eigenvalue weighted by Gasteiger charge is 2.49. The standard InChI is InChI=1S/C13H14ClNO5/c1-8-13(12(16)17,4-5-20-8)7-9-2-3-10(14)6-11(9)15(18)19/h2-3,6,8H,4-5,7H2,1H3,(H,16,17). The van der Waals surface area contributed by atoms with Gasteiger partial charge >= 0.3 is 5.97 Å². The number of carboxylic acid groups (broad SMARTS) is 1. The highest BCUT2D eigenvalue weighted by molar-refractivity contribution is 6.30. The molecule has 6 nitrogen and oxygen atoms in total. The van der Waals surface area contributed by atoms with Gasteiger partial charge < -0.3 is 9.84 Å². The highest BCUT2D eigenvalue weighted by atomic mass is 35.5. The van der Waals surface area contributed by atoms with Crippen molar-refractivity contribution in [1.82, 2.24) is 0 Å². The Morgan fingerprint density at radius 1 is 1.65 bits per heavy atom. The van der Waals surface area contributed by atoms with Crippen LogP contribution in [-0.4, -0.2) is 28.7 Å². The van der Waals surface area contributed by atoms with Gasteiger partial charge in [0.05, 0.1) is 11.0 Å². The highest BCUT2D eigenvalue weighted by Crippen LogP contribution is 2.40. The summed E-state index contributed by atoms with van der Waals surface area (Å²) in [6, 6.07) is 4.28. The average Bonchev–Trinajstić information content (AvgIpc) is 2.74. The molecule has 0 saturated carbocycles. The van der Waals surface area contributed by atoms with Gasteiger partial charge in [0.2, 0.25) is 0 Å². The van der Waals surface area contributed by atoms with Crippen LogP contribution < -0.4 is 0 Å². The molecule has 0 bridgehead atoms. The molecule has 1 saturated heterocycles. The fourth-order valence-corrected chi connectivity index (χ4v) is 2.73. The van der Waals surface area contributed by atoms with Crippen molar-refractivity contribution in [2.75, 3.05) is 6.61 Å². The first-order valence-electron chi connectivity index (χ1n) is 6.14. The minimum absolute atomic E-state index is 0.0526. The molecular formula is C13H14ClNO5. The lowest BCUT2D eigenvalue weighted by atomic mass is 9.76. The van der Waals surface area contributed by atoms with Gasteiger partial charge in [-0.1, -0.05) is 17.7 Å². The molecule has 7 heteroatoms. The molecule has 0 amide bonds. The van der Waals surface area contributed by atoms with E-state index in [2.05, 4.69) is 0 Å². The maximum atomic E-state index is 11.6. The summed E-state index contributed by atoms with van der Waals surface area (Å²) in [5, 5.41) is 20.8. The zero-order chi connectivity index (χ0) is 14.9. The third kappa shape index (κ3) is 2.48. The summed E-state index contributed by atoms with van der Waals surface area (Å²) in [6.07, 6.45) is -0.101. The number of ether oxygens (including phenoxy) is 1. The lowest BCUT2D eigenvalue weighted by molar-refractivity contribution is -0.385. The van der Waals surface area contributed by atoms with Crippen molar-refractivity contribution in [2.24, 2.45) is 5.41 Å². The predicted octanol–water partition coefficient (Wildman–Crippen LogP) is 2.67. The Balaban J connectivity index is 2.42. The number of halogens is 1. The minimum atomic E-state index is -1.13. The molecule has 1 heterocycles. The maximum Gasteiger partial charge on any atom is 0.312 e. The molecule has 1 aliphatic rings. The monoisotopic (exact) mass is 299 g/mol. The molecule has 0 aliphatic carbocycles. The van der Waals surface area contributed by atoms with Crippen LogP contribution in [0.2, 0.25) is 5.02 Å². The molecule has 2 rings (SSSR count). The largest absolute Gasteiger partial charge is 0.481 e. The van der Waals surface area contributed by atoms with Crippen LogP contribution in [0, 0.1) is 15.5 Å². The van der Waals surface area contributed by atoms with Crippen LogP contribution >= 0.6 is 11.6 Å². The summed E-state index contributed by atoms with van der Waals surface area (Å²) in [7, 11) is 0. The normalized spacial score (nSPS) is 25.6.